The Morgan fingerprint density at radius 2 is 1.03 bits per heavy atom. The summed E-state index contributed by atoms with van der Waals surface area (Å²) in [4.78, 5) is 21.6. The van der Waals surface area contributed by atoms with Gasteiger partial charge >= 0.3 is 0 Å². The van der Waals surface area contributed by atoms with E-state index in [-0.39, 0.29) is 0 Å². The van der Waals surface area contributed by atoms with Crippen LogP contribution in [-0.4, -0.2) is 53.2 Å². The van der Waals surface area contributed by atoms with Crippen molar-refractivity contribution >= 4 is 12.6 Å². The van der Waals surface area contributed by atoms with Crippen molar-refractivity contribution in [1.29, 1.82) is 0 Å². The number of benzene rings is 2. The summed E-state index contributed by atoms with van der Waals surface area (Å²) >= 11 is 0. The zero-order valence-corrected chi connectivity index (χ0v) is 18.1. The number of carbonyl (C=O) groups is 2. The molecule has 0 bridgehead atoms. The molecule has 2 aromatic carbocycles. The van der Waals surface area contributed by atoms with Crippen LogP contribution in [0.15, 0.2) is 36.4 Å². The number of hydrogen-bond acceptors (Lipinski definition) is 7. The molecule has 0 atom stereocenters. The van der Waals surface area contributed by atoms with E-state index in [9.17, 15) is 9.59 Å². The Morgan fingerprint density at radius 3 is 1.42 bits per heavy atom. The molecule has 31 heavy (non-hydrogen) atoms. The van der Waals surface area contributed by atoms with Crippen LogP contribution in [0.1, 0.15) is 46.4 Å². The van der Waals surface area contributed by atoms with Crippen LogP contribution in [-0.2, 0) is 4.74 Å². The first-order valence-electron chi connectivity index (χ1n) is 10.3. The van der Waals surface area contributed by atoms with Crippen molar-refractivity contribution in [2.75, 3.05) is 40.6 Å². The van der Waals surface area contributed by atoms with Crippen LogP contribution in [0.5, 0.6) is 23.0 Å². The van der Waals surface area contributed by atoms with Gasteiger partial charge in [0.1, 0.15) is 12.6 Å². The summed E-state index contributed by atoms with van der Waals surface area (Å²) in [7, 11) is 3.10. The normalized spacial score (nSPS) is 10.4. The Morgan fingerprint density at radius 1 is 0.613 bits per heavy atom. The largest absolute Gasteiger partial charge is 0.493 e. The number of ether oxygens (including phenoxy) is 5. The Balaban J connectivity index is 1.51. The van der Waals surface area contributed by atoms with Crippen molar-refractivity contribution in [3.8, 4) is 23.0 Å². The average molecular weight is 430 g/mol. The Hall–Kier alpha value is -3.06. The second kappa shape index (κ2) is 14.0. The minimum Gasteiger partial charge on any atom is -0.493 e. The van der Waals surface area contributed by atoms with Crippen molar-refractivity contribution in [2.45, 2.75) is 25.7 Å². The van der Waals surface area contributed by atoms with Gasteiger partial charge in [0.2, 0.25) is 0 Å². The molecule has 0 amide bonds. The molecule has 0 aromatic heterocycles. The van der Waals surface area contributed by atoms with E-state index in [1.165, 1.54) is 0 Å². The van der Waals surface area contributed by atoms with Gasteiger partial charge in [0.15, 0.2) is 23.0 Å². The Labute approximate surface area is 183 Å². The maximum Gasteiger partial charge on any atom is 0.161 e. The molecule has 168 valence electrons. The van der Waals surface area contributed by atoms with Gasteiger partial charge in [0, 0.05) is 24.3 Å². The van der Waals surface area contributed by atoms with Crippen molar-refractivity contribution in [3.63, 3.8) is 0 Å². The molecular weight excluding hydrogens is 400 g/mol. The molecule has 0 heterocycles. The van der Waals surface area contributed by atoms with E-state index < -0.39 is 0 Å². The van der Waals surface area contributed by atoms with Gasteiger partial charge in [0.05, 0.1) is 27.4 Å². The molecule has 0 unspecified atom stereocenters. The number of aldehydes is 2. The van der Waals surface area contributed by atoms with E-state index in [1.807, 2.05) is 0 Å². The predicted octanol–water partition coefficient (Wildman–Crippen LogP) is 4.36. The fourth-order valence-electron chi connectivity index (χ4n) is 2.83. The SMILES string of the molecule is COc1cc(C=O)ccc1OCCCCOCCCCOc1ccc(C=O)cc1OC. The van der Waals surface area contributed by atoms with Crippen molar-refractivity contribution < 1.29 is 33.3 Å². The lowest BCUT2D eigenvalue weighted by Gasteiger charge is -2.11. The fraction of sp³-hybridized carbons (Fsp3) is 0.417. The number of methoxy groups -OCH3 is 2. The number of carbonyl (C=O) groups excluding carboxylic acids is 2. The van der Waals surface area contributed by atoms with Crippen molar-refractivity contribution in [2.24, 2.45) is 0 Å². The number of rotatable bonds is 16. The van der Waals surface area contributed by atoms with Crippen LogP contribution in [0.25, 0.3) is 0 Å². The molecule has 0 aliphatic heterocycles. The van der Waals surface area contributed by atoms with Gasteiger partial charge in [-0.15, -0.1) is 0 Å². The van der Waals surface area contributed by atoms with Crippen LogP contribution >= 0.6 is 0 Å². The third-order valence-electron chi connectivity index (χ3n) is 4.53. The van der Waals surface area contributed by atoms with Gasteiger partial charge in [-0.3, -0.25) is 9.59 Å². The predicted molar refractivity (Wildman–Crippen MR) is 117 cm³/mol. The zero-order chi connectivity index (χ0) is 22.3. The first-order valence-corrected chi connectivity index (χ1v) is 10.3. The van der Waals surface area contributed by atoms with Gasteiger partial charge in [-0.1, -0.05) is 0 Å². The minimum absolute atomic E-state index is 0.554. The molecule has 0 N–H and O–H groups in total. The van der Waals surface area contributed by atoms with Crippen molar-refractivity contribution in [1.82, 2.24) is 0 Å². The summed E-state index contributed by atoms with van der Waals surface area (Å²) in [5, 5.41) is 0. The Kier molecular flexibility index (Phi) is 11.0. The highest BCUT2D eigenvalue weighted by Crippen LogP contribution is 2.28. The highest BCUT2D eigenvalue weighted by atomic mass is 16.5. The molecule has 7 heteroatoms. The third kappa shape index (κ3) is 8.30. The molecule has 0 aliphatic carbocycles. The number of unbranched alkanes of at least 4 members (excludes halogenated alkanes) is 2. The highest BCUT2D eigenvalue weighted by molar-refractivity contribution is 5.76. The van der Waals surface area contributed by atoms with Gasteiger partial charge in [-0.2, -0.15) is 0 Å². The standard InChI is InChI=1S/C24H30O7/c1-27-23-15-19(17-25)7-9-21(23)30-13-5-3-11-29-12-4-6-14-31-22-10-8-20(18-26)16-24(22)28-2/h7-10,15-18H,3-6,11-14H2,1-2H3. The summed E-state index contributed by atoms with van der Waals surface area (Å²) in [6.45, 7) is 2.45. The Bertz CT molecular complexity index is 752. The van der Waals surface area contributed by atoms with Crippen LogP contribution < -0.4 is 18.9 Å². The molecule has 2 rings (SSSR count). The molecule has 2 aromatic rings. The highest BCUT2D eigenvalue weighted by Gasteiger charge is 2.06. The first kappa shape index (κ1) is 24.2. The summed E-state index contributed by atoms with van der Waals surface area (Å²) < 4.78 is 27.6. The molecular formula is C24H30O7. The van der Waals surface area contributed by atoms with E-state index in [2.05, 4.69) is 0 Å². The van der Waals surface area contributed by atoms with Gasteiger partial charge in [0.25, 0.3) is 0 Å². The third-order valence-corrected chi connectivity index (χ3v) is 4.53. The quantitative estimate of drug-likeness (QED) is 0.289. The van der Waals surface area contributed by atoms with Crippen molar-refractivity contribution in [3.05, 3.63) is 47.5 Å². The molecule has 7 nitrogen and oxygen atoms in total. The smallest absolute Gasteiger partial charge is 0.161 e. The van der Waals surface area contributed by atoms with Gasteiger partial charge < -0.3 is 23.7 Å². The lowest BCUT2D eigenvalue weighted by molar-refractivity contribution is 0.111. The van der Waals surface area contributed by atoms with E-state index in [1.54, 1.807) is 50.6 Å². The molecule has 0 spiro atoms. The lowest BCUT2D eigenvalue weighted by Crippen LogP contribution is -2.04. The van der Waals surface area contributed by atoms with Gasteiger partial charge in [-0.05, 0) is 62.1 Å². The molecule has 0 saturated carbocycles. The maximum absolute atomic E-state index is 10.8. The van der Waals surface area contributed by atoms with E-state index in [0.29, 0.717) is 60.6 Å². The summed E-state index contributed by atoms with van der Waals surface area (Å²) in [6.07, 6.45) is 5.06. The van der Waals surface area contributed by atoms with Crippen LogP contribution in [0.4, 0.5) is 0 Å². The van der Waals surface area contributed by atoms with E-state index in [4.69, 9.17) is 23.7 Å². The van der Waals surface area contributed by atoms with E-state index >= 15 is 0 Å². The lowest BCUT2D eigenvalue weighted by atomic mass is 10.2. The molecule has 0 radical (unpaired) electrons. The average Bonchev–Trinajstić information content (AvgIpc) is 2.82. The topological polar surface area (TPSA) is 80.3 Å². The maximum atomic E-state index is 10.8. The minimum atomic E-state index is 0.554. The molecule has 0 saturated heterocycles. The van der Waals surface area contributed by atoms with Crippen LogP contribution in [0.3, 0.4) is 0 Å². The zero-order valence-electron chi connectivity index (χ0n) is 18.1. The molecule has 0 fully saturated rings. The number of hydrogen-bond donors (Lipinski definition) is 0. The second-order valence-corrected chi connectivity index (χ2v) is 6.78. The van der Waals surface area contributed by atoms with Crippen LogP contribution in [0.2, 0.25) is 0 Å². The summed E-state index contributed by atoms with van der Waals surface area (Å²) in [5.74, 6) is 2.37. The fourth-order valence-corrected chi connectivity index (χ4v) is 2.83. The second-order valence-electron chi connectivity index (χ2n) is 6.78. The van der Waals surface area contributed by atoms with E-state index in [0.717, 1.165) is 38.3 Å². The first-order chi connectivity index (χ1) is 15.2. The monoisotopic (exact) mass is 430 g/mol. The van der Waals surface area contributed by atoms with Gasteiger partial charge in [-0.25, -0.2) is 0 Å². The van der Waals surface area contributed by atoms with Crippen LogP contribution in [0, 0.1) is 0 Å². The molecule has 0 aliphatic rings. The summed E-state index contributed by atoms with van der Waals surface area (Å²) in [6, 6.07) is 10.2. The summed E-state index contributed by atoms with van der Waals surface area (Å²) in [5.41, 5.74) is 1.11.